The van der Waals surface area contributed by atoms with Crippen LogP contribution in [-0.4, -0.2) is 28.3 Å². The molecule has 0 radical (unpaired) electrons. The number of carboxylic acid groups (broad SMARTS) is 1. The molecule has 0 aliphatic heterocycles. The molecule has 2 aromatic rings. The molecule has 0 aliphatic rings. The van der Waals surface area contributed by atoms with Crippen LogP contribution in [0.15, 0.2) is 24.3 Å². The van der Waals surface area contributed by atoms with E-state index in [1.807, 2.05) is 24.3 Å². The van der Waals surface area contributed by atoms with E-state index in [1.54, 1.807) is 25.8 Å². The summed E-state index contributed by atoms with van der Waals surface area (Å²) < 4.78 is 0. The zero-order valence-electron chi connectivity index (χ0n) is 12.7. The van der Waals surface area contributed by atoms with Crippen LogP contribution in [0.3, 0.4) is 0 Å². The van der Waals surface area contributed by atoms with Crippen LogP contribution in [0.4, 0.5) is 11.5 Å². The van der Waals surface area contributed by atoms with Crippen molar-refractivity contribution in [1.82, 2.24) is 10.2 Å². The summed E-state index contributed by atoms with van der Waals surface area (Å²) >= 11 is 0. The van der Waals surface area contributed by atoms with Crippen LogP contribution < -0.4 is 4.90 Å². The van der Waals surface area contributed by atoms with Gasteiger partial charge in [-0.15, -0.1) is 5.10 Å². The van der Waals surface area contributed by atoms with Gasteiger partial charge in [-0.05, 0) is 43.5 Å². The molecule has 1 heterocycles. The van der Waals surface area contributed by atoms with E-state index >= 15 is 0 Å². The highest BCUT2D eigenvalue weighted by atomic mass is 16.4. The molecule has 1 aromatic heterocycles. The smallest absolute Gasteiger partial charge is 0.339 e. The molecule has 0 aliphatic carbocycles. The van der Waals surface area contributed by atoms with E-state index in [-0.39, 0.29) is 5.56 Å². The second-order valence-electron chi connectivity index (χ2n) is 4.99. The molecule has 21 heavy (non-hydrogen) atoms. The van der Waals surface area contributed by atoms with Gasteiger partial charge in [-0.1, -0.05) is 19.1 Å². The average Bonchev–Trinajstić information content (AvgIpc) is 2.48. The number of hydrogen-bond acceptors (Lipinski definition) is 4. The van der Waals surface area contributed by atoms with Crippen molar-refractivity contribution in [1.29, 1.82) is 0 Å². The van der Waals surface area contributed by atoms with Crippen LogP contribution in [0.2, 0.25) is 0 Å². The van der Waals surface area contributed by atoms with Gasteiger partial charge < -0.3 is 10.0 Å². The highest BCUT2D eigenvalue weighted by Gasteiger charge is 2.21. The number of carboxylic acids is 1. The Kier molecular flexibility index (Phi) is 4.21. The van der Waals surface area contributed by atoms with Crippen LogP contribution >= 0.6 is 0 Å². The van der Waals surface area contributed by atoms with Crippen LogP contribution in [0.5, 0.6) is 0 Å². The minimum atomic E-state index is -0.988. The fourth-order valence-electron chi connectivity index (χ4n) is 2.16. The quantitative estimate of drug-likeness (QED) is 0.935. The molecule has 0 saturated heterocycles. The second kappa shape index (κ2) is 5.91. The topological polar surface area (TPSA) is 66.3 Å². The minimum absolute atomic E-state index is 0.199. The monoisotopic (exact) mass is 285 g/mol. The molecule has 5 heteroatoms. The molecule has 0 spiro atoms. The molecule has 1 aromatic carbocycles. The van der Waals surface area contributed by atoms with Gasteiger partial charge in [0.15, 0.2) is 5.82 Å². The zero-order valence-corrected chi connectivity index (χ0v) is 12.7. The van der Waals surface area contributed by atoms with Gasteiger partial charge in [0.1, 0.15) is 5.56 Å². The molecule has 0 amide bonds. The Morgan fingerprint density at radius 3 is 2.33 bits per heavy atom. The number of aromatic nitrogens is 2. The Morgan fingerprint density at radius 1 is 1.19 bits per heavy atom. The molecule has 5 nitrogen and oxygen atoms in total. The van der Waals surface area contributed by atoms with Gasteiger partial charge in [-0.3, -0.25) is 0 Å². The fourth-order valence-corrected chi connectivity index (χ4v) is 2.16. The highest BCUT2D eigenvalue weighted by molar-refractivity contribution is 5.96. The standard InChI is InChI=1S/C16H19N3O2/c1-5-12-6-8-13(9-7-12)19(4)15-14(16(20)21)10(2)11(3)17-18-15/h6-9H,5H2,1-4H3,(H,20,21). The lowest BCUT2D eigenvalue weighted by atomic mass is 10.1. The molecule has 1 N–H and O–H groups in total. The molecule has 0 saturated carbocycles. The number of rotatable bonds is 4. The van der Waals surface area contributed by atoms with Crippen molar-refractivity contribution in [2.75, 3.05) is 11.9 Å². The maximum Gasteiger partial charge on any atom is 0.339 e. The predicted molar refractivity (Wildman–Crippen MR) is 82.3 cm³/mol. The first-order chi connectivity index (χ1) is 9.95. The Bertz CT molecular complexity index is 666. The average molecular weight is 285 g/mol. The number of aromatic carboxylic acids is 1. The summed E-state index contributed by atoms with van der Waals surface area (Å²) in [6, 6.07) is 7.98. The van der Waals surface area contributed by atoms with Crippen molar-refractivity contribution >= 4 is 17.5 Å². The summed E-state index contributed by atoms with van der Waals surface area (Å²) in [5.41, 5.74) is 3.59. The maximum absolute atomic E-state index is 11.5. The molecule has 0 fully saturated rings. The first-order valence-electron chi connectivity index (χ1n) is 6.85. The van der Waals surface area contributed by atoms with Crippen LogP contribution in [0, 0.1) is 13.8 Å². The summed E-state index contributed by atoms with van der Waals surface area (Å²) in [6.45, 7) is 5.61. The number of benzene rings is 1. The van der Waals surface area contributed by atoms with Crippen LogP contribution in [-0.2, 0) is 6.42 Å². The normalized spacial score (nSPS) is 10.5. The zero-order chi connectivity index (χ0) is 15.6. The number of hydrogen-bond donors (Lipinski definition) is 1. The Labute approximate surface area is 124 Å². The van der Waals surface area contributed by atoms with Gasteiger partial charge >= 0.3 is 5.97 Å². The van der Waals surface area contributed by atoms with Gasteiger partial charge in [-0.25, -0.2) is 4.79 Å². The van der Waals surface area contributed by atoms with Crippen molar-refractivity contribution in [3.8, 4) is 0 Å². The highest BCUT2D eigenvalue weighted by Crippen LogP contribution is 2.27. The van der Waals surface area contributed by atoms with Crippen LogP contribution in [0.1, 0.15) is 34.1 Å². The first kappa shape index (κ1) is 15.0. The lowest BCUT2D eigenvalue weighted by molar-refractivity contribution is 0.0696. The SMILES string of the molecule is CCc1ccc(N(C)c2nnc(C)c(C)c2C(=O)O)cc1. The molecule has 0 atom stereocenters. The molecule has 0 bridgehead atoms. The van der Waals surface area contributed by atoms with Gasteiger partial charge in [0, 0.05) is 12.7 Å². The third-order valence-electron chi connectivity index (χ3n) is 3.70. The van der Waals surface area contributed by atoms with Crippen LogP contribution in [0.25, 0.3) is 0 Å². The van der Waals surface area contributed by atoms with E-state index in [1.165, 1.54) is 5.56 Å². The molecule has 110 valence electrons. The lowest BCUT2D eigenvalue weighted by Gasteiger charge is -2.21. The predicted octanol–water partition coefficient (Wildman–Crippen LogP) is 3.12. The van der Waals surface area contributed by atoms with Crippen molar-refractivity contribution in [3.05, 3.63) is 46.6 Å². The van der Waals surface area contributed by atoms with E-state index in [4.69, 9.17) is 0 Å². The number of anilines is 2. The summed E-state index contributed by atoms with van der Waals surface area (Å²) in [4.78, 5) is 13.3. The van der Waals surface area contributed by atoms with Gasteiger partial charge in [0.05, 0.1) is 5.69 Å². The van der Waals surface area contributed by atoms with Gasteiger partial charge in [-0.2, -0.15) is 5.10 Å². The Hall–Kier alpha value is -2.43. The summed E-state index contributed by atoms with van der Waals surface area (Å²) in [7, 11) is 1.80. The van der Waals surface area contributed by atoms with E-state index in [0.29, 0.717) is 17.1 Å². The van der Waals surface area contributed by atoms with Gasteiger partial charge in [0.2, 0.25) is 0 Å². The van der Waals surface area contributed by atoms with E-state index in [9.17, 15) is 9.90 Å². The minimum Gasteiger partial charge on any atom is -0.478 e. The number of carbonyl (C=O) groups is 1. The van der Waals surface area contributed by atoms with E-state index in [0.717, 1.165) is 12.1 Å². The Morgan fingerprint density at radius 2 is 1.81 bits per heavy atom. The van der Waals surface area contributed by atoms with E-state index in [2.05, 4.69) is 17.1 Å². The van der Waals surface area contributed by atoms with E-state index < -0.39 is 5.97 Å². The maximum atomic E-state index is 11.5. The third-order valence-corrected chi connectivity index (χ3v) is 3.70. The first-order valence-corrected chi connectivity index (χ1v) is 6.85. The molecule has 2 rings (SSSR count). The fraction of sp³-hybridized carbons (Fsp3) is 0.312. The number of nitrogens with zero attached hydrogens (tertiary/aromatic N) is 3. The number of aryl methyl sites for hydroxylation is 2. The largest absolute Gasteiger partial charge is 0.478 e. The lowest BCUT2D eigenvalue weighted by Crippen LogP contribution is -2.18. The van der Waals surface area contributed by atoms with Crippen molar-refractivity contribution < 1.29 is 9.90 Å². The molecular formula is C16H19N3O2. The third kappa shape index (κ3) is 2.86. The molecule has 0 unspecified atom stereocenters. The second-order valence-corrected chi connectivity index (χ2v) is 4.99. The molecular weight excluding hydrogens is 266 g/mol. The summed E-state index contributed by atoms with van der Waals surface area (Å²) in [5.74, 6) is -0.632. The Balaban J connectivity index is 2.49. The summed E-state index contributed by atoms with van der Waals surface area (Å²) in [6.07, 6.45) is 0.966. The van der Waals surface area contributed by atoms with Gasteiger partial charge in [0.25, 0.3) is 0 Å². The van der Waals surface area contributed by atoms with Crippen molar-refractivity contribution in [3.63, 3.8) is 0 Å². The van der Waals surface area contributed by atoms with Crippen molar-refractivity contribution in [2.45, 2.75) is 27.2 Å². The van der Waals surface area contributed by atoms with Crippen molar-refractivity contribution in [2.24, 2.45) is 0 Å². The summed E-state index contributed by atoms with van der Waals surface area (Å²) in [5, 5.41) is 17.6.